The molecule has 166 valence electrons. The van der Waals surface area contributed by atoms with E-state index in [0.29, 0.717) is 33.1 Å². The molecule has 0 unspecified atom stereocenters. The fourth-order valence-electron chi connectivity index (χ4n) is 2.97. The zero-order valence-electron chi connectivity index (χ0n) is 17.8. The average Bonchev–Trinajstić information content (AvgIpc) is 2.76. The summed E-state index contributed by atoms with van der Waals surface area (Å²) >= 11 is 6.00. The molecule has 0 aliphatic heterocycles. The topological polar surface area (TPSA) is 97.8 Å². The van der Waals surface area contributed by atoms with E-state index in [1.54, 1.807) is 55.5 Å². The van der Waals surface area contributed by atoms with E-state index in [9.17, 15) is 14.4 Å². The molecule has 0 aliphatic rings. The number of ether oxygens (including phenoxy) is 2. The molecule has 0 radical (unpaired) electrons. The number of aryl methyl sites for hydroxylation is 1. The lowest BCUT2D eigenvalue weighted by atomic mass is 10.1. The Morgan fingerprint density at radius 3 is 2.66 bits per heavy atom. The molecular weight excluding hydrogens is 434 g/mol. The van der Waals surface area contributed by atoms with E-state index < -0.39 is 24.4 Å². The minimum atomic E-state index is -0.681. The number of carbonyl (C=O) groups is 3. The molecule has 9 heteroatoms. The van der Waals surface area contributed by atoms with E-state index in [0.717, 1.165) is 0 Å². The lowest BCUT2D eigenvalue weighted by Crippen LogP contribution is -2.37. The number of rotatable bonds is 7. The minimum absolute atomic E-state index is 0.206. The van der Waals surface area contributed by atoms with Gasteiger partial charge in [-0.1, -0.05) is 17.7 Å². The molecule has 1 N–H and O–H groups in total. The fourth-order valence-corrected chi connectivity index (χ4v) is 3.15. The number of nitrogens with zero attached hydrogens (tertiary/aromatic N) is 2. The predicted octanol–water partition coefficient (Wildman–Crippen LogP) is 3.46. The number of halogens is 1. The van der Waals surface area contributed by atoms with Crippen molar-refractivity contribution in [3.63, 3.8) is 0 Å². The van der Waals surface area contributed by atoms with Crippen molar-refractivity contribution in [1.82, 2.24) is 9.88 Å². The Labute approximate surface area is 190 Å². The highest BCUT2D eigenvalue weighted by molar-refractivity contribution is 6.31. The Hall–Kier alpha value is -3.65. The van der Waals surface area contributed by atoms with Crippen molar-refractivity contribution < 1.29 is 23.9 Å². The van der Waals surface area contributed by atoms with Gasteiger partial charge in [-0.2, -0.15) is 0 Å². The zero-order chi connectivity index (χ0) is 23.3. The van der Waals surface area contributed by atoms with E-state index in [1.807, 2.05) is 0 Å². The molecule has 0 saturated carbocycles. The highest BCUT2D eigenvalue weighted by atomic mass is 35.5. The molecule has 8 nitrogen and oxygen atoms in total. The van der Waals surface area contributed by atoms with Crippen LogP contribution in [0.3, 0.4) is 0 Å². The molecule has 2 amide bonds. The van der Waals surface area contributed by atoms with E-state index in [4.69, 9.17) is 21.1 Å². The van der Waals surface area contributed by atoms with Gasteiger partial charge in [0.15, 0.2) is 6.61 Å². The molecule has 3 rings (SSSR count). The van der Waals surface area contributed by atoms with Crippen LogP contribution in [0.5, 0.6) is 5.75 Å². The smallest absolute Gasteiger partial charge is 0.340 e. The normalized spacial score (nSPS) is 10.5. The maximum absolute atomic E-state index is 12.5. The lowest BCUT2D eigenvalue weighted by molar-refractivity contribution is -0.136. The van der Waals surface area contributed by atoms with E-state index in [2.05, 4.69) is 10.3 Å². The quantitative estimate of drug-likeness (QED) is 0.548. The summed E-state index contributed by atoms with van der Waals surface area (Å²) in [6.45, 7) is 0.971. The van der Waals surface area contributed by atoms with Gasteiger partial charge in [0.05, 0.1) is 30.4 Å². The largest absolute Gasteiger partial charge is 0.497 e. The molecular formula is C23H22ClN3O5. The van der Waals surface area contributed by atoms with Crippen LogP contribution in [-0.2, 0) is 14.3 Å². The van der Waals surface area contributed by atoms with Gasteiger partial charge in [-0.05, 0) is 43.3 Å². The van der Waals surface area contributed by atoms with Crippen LogP contribution in [0.4, 0.5) is 5.69 Å². The third kappa shape index (κ3) is 5.73. The van der Waals surface area contributed by atoms with Crippen LogP contribution in [0, 0.1) is 6.92 Å². The van der Waals surface area contributed by atoms with Crippen LogP contribution < -0.4 is 10.1 Å². The van der Waals surface area contributed by atoms with E-state index in [1.165, 1.54) is 19.1 Å². The van der Waals surface area contributed by atoms with Crippen molar-refractivity contribution in [2.24, 2.45) is 0 Å². The fraction of sp³-hybridized carbons (Fsp3) is 0.217. The molecule has 32 heavy (non-hydrogen) atoms. The average molecular weight is 456 g/mol. The number of esters is 1. The van der Waals surface area contributed by atoms with E-state index >= 15 is 0 Å². The van der Waals surface area contributed by atoms with Gasteiger partial charge in [0.2, 0.25) is 5.91 Å². The number of methoxy groups -OCH3 is 1. The number of likely N-dealkylation sites (N-methyl/N-ethyl adjacent to an activating group) is 1. The Bertz CT molecular complexity index is 1180. The van der Waals surface area contributed by atoms with Crippen molar-refractivity contribution in [2.75, 3.05) is 32.6 Å². The molecule has 0 aliphatic carbocycles. The predicted molar refractivity (Wildman–Crippen MR) is 121 cm³/mol. The summed E-state index contributed by atoms with van der Waals surface area (Å²) in [5.74, 6) is -1.00. The van der Waals surface area contributed by atoms with Crippen molar-refractivity contribution in [2.45, 2.75) is 6.92 Å². The zero-order valence-corrected chi connectivity index (χ0v) is 18.6. The highest BCUT2D eigenvalue weighted by Crippen LogP contribution is 2.21. The van der Waals surface area contributed by atoms with Crippen molar-refractivity contribution >= 4 is 46.0 Å². The molecule has 1 heterocycles. The number of benzene rings is 2. The summed E-state index contributed by atoms with van der Waals surface area (Å²) < 4.78 is 10.3. The van der Waals surface area contributed by atoms with Crippen LogP contribution in [0.1, 0.15) is 16.1 Å². The summed E-state index contributed by atoms with van der Waals surface area (Å²) in [5, 5.41) is 3.89. The number of hydrogen-bond donors (Lipinski definition) is 1. The first-order chi connectivity index (χ1) is 15.3. The molecule has 0 bridgehead atoms. The van der Waals surface area contributed by atoms with Gasteiger partial charge >= 0.3 is 5.97 Å². The first kappa shape index (κ1) is 23.0. The van der Waals surface area contributed by atoms with Crippen molar-refractivity contribution in [3.8, 4) is 5.75 Å². The third-order valence-corrected chi connectivity index (χ3v) is 4.91. The van der Waals surface area contributed by atoms with Gasteiger partial charge < -0.3 is 19.7 Å². The minimum Gasteiger partial charge on any atom is -0.497 e. The van der Waals surface area contributed by atoms with Crippen molar-refractivity contribution in [3.05, 3.63) is 64.8 Å². The summed E-state index contributed by atoms with van der Waals surface area (Å²) in [7, 11) is 2.98. The second-order valence-electron chi connectivity index (χ2n) is 7.06. The maximum Gasteiger partial charge on any atom is 0.340 e. The van der Waals surface area contributed by atoms with Crippen LogP contribution in [0.25, 0.3) is 10.9 Å². The lowest BCUT2D eigenvalue weighted by Gasteiger charge is -2.17. The number of pyridine rings is 1. The number of hydrogen-bond acceptors (Lipinski definition) is 6. The van der Waals surface area contributed by atoms with Gasteiger partial charge in [-0.25, -0.2) is 4.79 Å². The second-order valence-corrected chi connectivity index (χ2v) is 7.50. The number of fused-ring (bicyclic) bond motifs is 1. The number of anilines is 1. The van der Waals surface area contributed by atoms with Crippen LogP contribution in [0.15, 0.2) is 48.5 Å². The van der Waals surface area contributed by atoms with Crippen LogP contribution >= 0.6 is 11.6 Å². The molecule has 2 aromatic carbocycles. The van der Waals surface area contributed by atoms with Gasteiger partial charge in [0.1, 0.15) is 5.75 Å². The number of amides is 2. The van der Waals surface area contributed by atoms with Gasteiger partial charge in [0, 0.05) is 29.2 Å². The number of carbonyl (C=O) groups excluding carboxylic acids is 3. The summed E-state index contributed by atoms with van der Waals surface area (Å²) in [4.78, 5) is 42.6. The SMILES string of the molecule is COc1cccc(NC(=O)CN(C)C(=O)COC(=O)c2cc3cc(Cl)ccc3nc2C)c1. The van der Waals surface area contributed by atoms with E-state index in [-0.39, 0.29) is 12.1 Å². The summed E-state index contributed by atoms with van der Waals surface area (Å²) in [6, 6.07) is 13.6. The summed E-state index contributed by atoms with van der Waals surface area (Å²) in [5.41, 5.74) is 1.96. The first-order valence-electron chi connectivity index (χ1n) is 9.68. The Morgan fingerprint density at radius 2 is 1.91 bits per heavy atom. The van der Waals surface area contributed by atoms with Crippen LogP contribution in [0.2, 0.25) is 5.02 Å². The highest BCUT2D eigenvalue weighted by Gasteiger charge is 2.18. The molecule has 3 aromatic rings. The monoisotopic (exact) mass is 455 g/mol. The summed E-state index contributed by atoms with van der Waals surface area (Å²) in [6.07, 6.45) is 0. The van der Waals surface area contributed by atoms with Crippen molar-refractivity contribution in [1.29, 1.82) is 0 Å². The standard InChI is InChI=1S/C23H22ClN3O5/c1-14-19(10-15-9-16(24)7-8-20(15)25-14)23(30)32-13-22(29)27(2)12-21(28)26-17-5-4-6-18(11-17)31-3/h4-11H,12-13H2,1-3H3,(H,26,28). The van der Waals surface area contributed by atoms with Gasteiger partial charge in [-0.3, -0.25) is 14.6 Å². The Morgan fingerprint density at radius 1 is 1.12 bits per heavy atom. The molecule has 0 atom stereocenters. The Kier molecular flexibility index (Phi) is 7.27. The van der Waals surface area contributed by atoms with Gasteiger partial charge in [-0.15, -0.1) is 0 Å². The maximum atomic E-state index is 12.5. The number of nitrogens with one attached hydrogen (secondary N) is 1. The molecule has 0 saturated heterocycles. The molecule has 0 fully saturated rings. The van der Waals surface area contributed by atoms with Gasteiger partial charge in [0.25, 0.3) is 5.91 Å². The second kappa shape index (κ2) is 10.1. The Balaban J connectivity index is 1.56. The van der Waals surface area contributed by atoms with Crippen LogP contribution in [-0.4, -0.2) is 55.0 Å². The molecule has 1 aromatic heterocycles. The first-order valence-corrected chi connectivity index (χ1v) is 10.1. The number of aromatic nitrogens is 1. The third-order valence-electron chi connectivity index (χ3n) is 4.67. The molecule has 0 spiro atoms.